The summed E-state index contributed by atoms with van der Waals surface area (Å²) in [7, 11) is 0. The van der Waals surface area contributed by atoms with Gasteiger partial charge in [0, 0.05) is 5.69 Å². The maximum Gasteiger partial charge on any atom is 0.337 e. The molecule has 0 amide bonds. The van der Waals surface area contributed by atoms with Crippen molar-refractivity contribution in [3.63, 3.8) is 0 Å². The van der Waals surface area contributed by atoms with E-state index in [4.69, 9.17) is 10.5 Å². The molecule has 0 heterocycles. The summed E-state index contributed by atoms with van der Waals surface area (Å²) in [5, 5.41) is 33.5. The van der Waals surface area contributed by atoms with Crippen LogP contribution in [0.1, 0.15) is 15.9 Å². The summed E-state index contributed by atoms with van der Waals surface area (Å²) in [6.45, 7) is 1.95. The second-order valence-corrected chi connectivity index (χ2v) is 4.82. The Labute approximate surface area is 138 Å². The topological polar surface area (TPSA) is 121 Å². The van der Waals surface area contributed by atoms with E-state index < -0.39 is 5.97 Å². The molecule has 0 aliphatic carbocycles. The van der Waals surface area contributed by atoms with E-state index in [0.717, 1.165) is 5.56 Å². The molecule has 3 N–H and O–H groups in total. The Morgan fingerprint density at radius 1 is 1.12 bits per heavy atom. The number of carboxylic acids is 1. The lowest BCUT2D eigenvalue weighted by atomic mass is 10.1. The van der Waals surface area contributed by atoms with Gasteiger partial charge < -0.3 is 10.4 Å². The summed E-state index contributed by atoms with van der Waals surface area (Å²) in [5.41, 5.74) is 4.61. The number of aryl methyl sites for hydroxylation is 1. The Morgan fingerprint density at radius 2 is 1.79 bits per heavy atom. The molecule has 7 heteroatoms. The highest BCUT2D eigenvalue weighted by molar-refractivity contribution is 6.10. The number of para-hydroxylation sites is 1. The van der Waals surface area contributed by atoms with E-state index in [1.807, 2.05) is 31.2 Å². The fraction of sp³-hybridized carbons (Fsp3) is 0.0588. The van der Waals surface area contributed by atoms with Gasteiger partial charge in [0.2, 0.25) is 5.71 Å². The first-order chi connectivity index (χ1) is 11.5. The first-order valence-corrected chi connectivity index (χ1v) is 6.89. The Hall–Kier alpha value is -3.84. The lowest BCUT2D eigenvalue weighted by molar-refractivity contribution is 0.0698. The third-order valence-corrected chi connectivity index (χ3v) is 3.12. The van der Waals surface area contributed by atoms with Crippen LogP contribution >= 0.6 is 0 Å². The number of rotatable bonds is 5. The van der Waals surface area contributed by atoms with Crippen molar-refractivity contribution in [2.24, 2.45) is 5.10 Å². The molecule has 2 aromatic carbocycles. The number of nitriles is 2. The number of hydrogen-bond donors (Lipinski definition) is 3. The smallest absolute Gasteiger partial charge is 0.337 e. The monoisotopic (exact) mass is 319 g/mol. The number of nitrogens with one attached hydrogen (secondary N) is 2. The van der Waals surface area contributed by atoms with Crippen molar-refractivity contribution in [1.82, 2.24) is 0 Å². The number of carbonyl (C=O) groups is 1. The highest BCUT2D eigenvalue weighted by Crippen LogP contribution is 2.30. The molecular weight excluding hydrogens is 306 g/mol. The highest BCUT2D eigenvalue weighted by atomic mass is 16.4. The van der Waals surface area contributed by atoms with Gasteiger partial charge in [-0.1, -0.05) is 23.8 Å². The van der Waals surface area contributed by atoms with E-state index in [-0.39, 0.29) is 17.0 Å². The van der Waals surface area contributed by atoms with Gasteiger partial charge in [0.1, 0.15) is 12.1 Å². The van der Waals surface area contributed by atoms with Crippen LogP contribution < -0.4 is 10.7 Å². The lowest BCUT2D eigenvalue weighted by Crippen LogP contribution is -2.06. The van der Waals surface area contributed by atoms with Gasteiger partial charge in [-0.3, -0.25) is 5.43 Å². The van der Waals surface area contributed by atoms with Gasteiger partial charge >= 0.3 is 5.97 Å². The van der Waals surface area contributed by atoms with Gasteiger partial charge in [-0.25, -0.2) is 4.79 Å². The molecule has 0 aromatic heterocycles. The Balaban J connectivity index is 2.44. The van der Waals surface area contributed by atoms with Gasteiger partial charge in [0.15, 0.2) is 0 Å². The fourth-order valence-electron chi connectivity index (χ4n) is 1.93. The zero-order valence-electron chi connectivity index (χ0n) is 12.7. The van der Waals surface area contributed by atoms with Crippen LogP contribution in [0.3, 0.4) is 0 Å². The average molecular weight is 319 g/mol. The Morgan fingerprint density at radius 3 is 2.38 bits per heavy atom. The van der Waals surface area contributed by atoms with E-state index >= 15 is 0 Å². The van der Waals surface area contributed by atoms with E-state index in [1.165, 1.54) is 6.07 Å². The summed E-state index contributed by atoms with van der Waals surface area (Å²) in [5.74, 6) is -1.11. The number of nitrogens with zero attached hydrogens (tertiary/aromatic N) is 3. The SMILES string of the molecule is Cc1ccc(Nc2c(NN=C(C#N)C#N)cccc2C(=O)O)cc1. The van der Waals surface area contributed by atoms with Crippen molar-refractivity contribution < 1.29 is 9.90 Å². The van der Waals surface area contributed by atoms with Crippen LogP contribution in [0.25, 0.3) is 0 Å². The third-order valence-electron chi connectivity index (χ3n) is 3.12. The Bertz CT molecular complexity index is 857. The normalized spacial score (nSPS) is 9.29. The first kappa shape index (κ1) is 16.5. The first-order valence-electron chi connectivity index (χ1n) is 6.89. The van der Waals surface area contributed by atoms with Gasteiger partial charge in [-0.05, 0) is 31.2 Å². The molecule has 24 heavy (non-hydrogen) atoms. The molecular formula is C17H13N5O2. The molecule has 0 atom stereocenters. The number of aromatic carboxylic acids is 1. The summed E-state index contributed by atoms with van der Waals surface area (Å²) < 4.78 is 0. The van der Waals surface area contributed by atoms with Crippen LogP contribution in [-0.4, -0.2) is 16.8 Å². The van der Waals surface area contributed by atoms with Gasteiger partial charge in [0.05, 0.1) is 16.9 Å². The van der Waals surface area contributed by atoms with Crippen molar-refractivity contribution >= 4 is 28.7 Å². The maximum absolute atomic E-state index is 11.5. The number of hydrogen-bond acceptors (Lipinski definition) is 6. The molecule has 0 aliphatic rings. The van der Waals surface area contributed by atoms with E-state index in [9.17, 15) is 9.90 Å². The van der Waals surface area contributed by atoms with E-state index in [1.54, 1.807) is 24.3 Å². The second kappa shape index (κ2) is 7.43. The number of hydrazone groups is 1. The van der Waals surface area contributed by atoms with Crippen molar-refractivity contribution in [2.45, 2.75) is 6.92 Å². The summed E-state index contributed by atoms with van der Waals surface area (Å²) in [4.78, 5) is 11.5. The summed E-state index contributed by atoms with van der Waals surface area (Å²) in [6.07, 6.45) is 0. The molecule has 0 aliphatic heterocycles. The highest BCUT2D eigenvalue weighted by Gasteiger charge is 2.14. The van der Waals surface area contributed by atoms with Gasteiger partial charge in [0.25, 0.3) is 0 Å². The largest absolute Gasteiger partial charge is 0.478 e. The van der Waals surface area contributed by atoms with E-state index in [2.05, 4.69) is 15.8 Å². The second-order valence-electron chi connectivity index (χ2n) is 4.82. The quantitative estimate of drug-likeness (QED) is 0.574. The zero-order chi connectivity index (χ0) is 17.5. The number of carboxylic acid groups (broad SMARTS) is 1. The van der Waals surface area contributed by atoms with Crippen LogP contribution in [0.15, 0.2) is 47.6 Å². The minimum Gasteiger partial charge on any atom is -0.478 e. The van der Waals surface area contributed by atoms with Crippen molar-refractivity contribution in [1.29, 1.82) is 10.5 Å². The number of benzene rings is 2. The average Bonchev–Trinajstić information content (AvgIpc) is 2.58. The van der Waals surface area contributed by atoms with Gasteiger partial charge in [-0.15, -0.1) is 0 Å². The third kappa shape index (κ3) is 3.87. The molecule has 0 saturated heterocycles. The van der Waals surface area contributed by atoms with Crippen molar-refractivity contribution in [3.05, 3.63) is 53.6 Å². The maximum atomic E-state index is 11.5. The summed E-state index contributed by atoms with van der Waals surface area (Å²) in [6, 6.07) is 15.2. The van der Waals surface area contributed by atoms with Crippen LogP contribution in [0, 0.1) is 29.6 Å². The molecule has 0 radical (unpaired) electrons. The zero-order valence-corrected chi connectivity index (χ0v) is 12.7. The Kier molecular flexibility index (Phi) is 5.12. The van der Waals surface area contributed by atoms with Crippen molar-refractivity contribution in [3.8, 4) is 12.1 Å². The van der Waals surface area contributed by atoms with Gasteiger partial charge in [-0.2, -0.15) is 15.6 Å². The summed E-state index contributed by atoms with van der Waals surface area (Å²) >= 11 is 0. The molecule has 0 spiro atoms. The molecule has 0 saturated carbocycles. The van der Waals surface area contributed by atoms with Crippen LogP contribution in [0.2, 0.25) is 0 Å². The van der Waals surface area contributed by atoms with Crippen LogP contribution in [0.4, 0.5) is 17.1 Å². The molecule has 7 nitrogen and oxygen atoms in total. The fourth-order valence-corrected chi connectivity index (χ4v) is 1.93. The van der Waals surface area contributed by atoms with Crippen LogP contribution in [0.5, 0.6) is 0 Å². The van der Waals surface area contributed by atoms with E-state index in [0.29, 0.717) is 11.4 Å². The minimum atomic E-state index is -1.11. The minimum absolute atomic E-state index is 0.0336. The molecule has 2 rings (SSSR count). The van der Waals surface area contributed by atoms with Crippen LogP contribution in [-0.2, 0) is 0 Å². The van der Waals surface area contributed by atoms with Crippen molar-refractivity contribution in [2.75, 3.05) is 10.7 Å². The molecule has 2 aromatic rings. The number of anilines is 3. The predicted octanol–water partition coefficient (Wildman–Crippen LogP) is 3.25. The molecule has 0 bridgehead atoms. The lowest BCUT2D eigenvalue weighted by Gasteiger charge is -2.14. The molecule has 118 valence electrons. The molecule has 0 unspecified atom stereocenters. The molecule has 0 fully saturated rings. The predicted molar refractivity (Wildman–Crippen MR) is 90.1 cm³/mol. The standard InChI is InChI=1S/C17H13N5O2/c1-11-5-7-12(8-6-11)20-16-14(17(23)24)3-2-4-15(16)22-21-13(9-18)10-19/h2-8,20,22H,1H3,(H,23,24).